The van der Waals surface area contributed by atoms with E-state index >= 15 is 0 Å². The van der Waals surface area contributed by atoms with Gasteiger partial charge < -0.3 is 45.8 Å². The number of ether oxygens (including phenoxy) is 3. The Bertz CT molecular complexity index is 2170. The number of aromatic nitrogens is 2. The van der Waals surface area contributed by atoms with Gasteiger partial charge in [-0.3, -0.25) is 19.2 Å². The Kier molecular flexibility index (Phi) is 17.5. The second kappa shape index (κ2) is 22.7. The molecule has 0 unspecified atom stereocenters. The summed E-state index contributed by atoms with van der Waals surface area (Å²) < 4.78 is 22.3. The van der Waals surface area contributed by atoms with Crippen molar-refractivity contribution < 1.29 is 42.9 Å². The van der Waals surface area contributed by atoms with Crippen LogP contribution in [0.3, 0.4) is 0 Å². The topological polar surface area (TPSA) is 279 Å². The molecule has 0 saturated carbocycles. The third kappa shape index (κ3) is 14.0. The predicted molar refractivity (Wildman–Crippen MR) is 216 cm³/mol. The van der Waals surface area contributed by atoms with Gasteiger partial charge in [0.25, 0.3) is 0 Å². The van der Waals surface area contributed by atoms with Gasteiger partial charge in [0.15, 0.2) is 6.10 Å². The van der Waals surface area contributed by atoms with E-state index in [1.807, 2.05) is 6.07 Å². The zero-order valence-corrected chi connectivity index (χ0v) is 33.8. The number of thioether (sulfide) groups is 1. The van der Waals surface area contributed by atoms with E-state index in [1.165, 1.54) is 24.9 Å². The van der Waals surface area contributed by atoms with Gasteiger partial charge in [0, 0.05) is 35.0 Å². The van der Waals surface area contributed by atoms with E-state index in [0.29, 0.717) is 34.3 Å². The highest BCUT2D eigenvalue weighted by Gasteiger charge is 2.23. The van der Waals surface area contributed by atoms with Gasteiger partial charge in [0.05, 0.1) is 42.7 Å². The van der Waals surface area contributed by atoms with Crippen molar-refractivity contribution in [1.29, 1.82) is 10.5 Å². The molecule has 4 rings (SSSR count). The number of nitriles is 2. The summed E-state index contributed by atoms with van der Waals surface area (Å²) in [6.07, 6.45) is -0.499. The minimum atomic E-state index is -1.08. The quantitative estimate of drug-likeness (QED) is 0.0585. The van der Waals surface area contributed by atoms with Crippen LogP contribution in [0.25, 0.3) is 22.6 Å². The van der Waals surface area contributed by atoms with Crippen LogP contribution in [-0.4, -0.2) is 83.4 Å². The lowest BCUT2D eigenvalue weighted by molar-refractivity contribution is -0.160. The average molecular weight is 847 g/mol. The molecule has 2 aromatic heterocycles. The van der Waals surface area contributed by atoms with Gasteiger partial charge in [-0.25, -0.2) is 9.97 Å². The fourth-order valence-electron chi connectivity index (χ4n) is 5.21. The first-order valence-electron chi connectivity index (χ1n) is 18.3. The first kappa shape index (κ1) is 45.5. The molecule has 0 spiro atoms. The Morgan fingerprint density at radius 1 is 0.949 bits per heavy atom. The van der Waals surface area contributed by atoms with Gasteiger partial charge in [-0.2, -0.15) is 10.5 Å². The largest absolute Gasteiger partial charge is 0.490 e. The molecule has 19 heteroatoms. The van der Waals surface area contributed by atoms with Crippen molar-refractivity contribution in [2.75, 3.05) is 32.0 Å². The van der Waals surface area contributed by atoms with E-state index in [0.717, 1.165) is 5.56 Å². The van der Waals surface area contributed by atoms with Gasteiger partial charge in [0.1, 0.15) is 53.8 Å². The van der Waals surface area contributed by atoms with E-state index in [2.05, 4.69) is 26.7 Å². The summed E-state index contributed by atoms with van der Waals surface area (Å²) in [7, 11) is 0. The number of halogens is 1. The van der Waals surface area contributed by atoms with Crippen molar-refractivity contribution in [2.24, 2.45) is 5.73 Å². The Labute approximate surface area is 349 Å². The summed E-state index contributed by atoms with van der Waals surface area (Å²) in [4.78, 5) is 57.7. The minimum absolute atomic E-state index is 0.00945. The summed E-state index contributed by atoms with van der Waals surface area (Å²) in [5, 5.41) is 35.5. The molecule has 3 atom stereocenters. The van der Waals surface area contributed by atoms with Gasteiger partial charge in [-0.05, 0) is 55.3 Å². The summed E-state index contributed by atoms with van der Waals surface area (Å²) in [6, 6.07) is 16.9. The molecule has 2 aromatic carbocycles. The second-order valence-electron chi connectivity index (χ2n) is 12.9. The lowest BCUT2D eigenvalue weighted by Crippen LogP contribution is -2.41. The van der Waals surface area contributed by atoms with Crippen LogP contribution in [0.15, 0.2) is 64.2 Å². The zero-order valence-electron chi connectivity index (χ0n) is 32.2. The SMILES string of the molecule is CC[C@H](N)C(=O)NCCC(=O)O[C@H](COC(=O)CCNC(=O)C[C@@H](C)O)COc1ccc(-c2c(C#N)c(N)nc(SCc3coc(-c4ccc(Cl)cc4)n3)c2C#N)cc1. The van der Waals surface area contributed by atoms with Crippen LogP contribution >= 0.6 is 23.4 Å². The molecule has 0 aliphatic rings. The van der Waals surface area contributed by atoms with Crippen molar-refractivity contribution >= 4 is 52.9 Å². The maximum absolute atomic E-state index is 12.7. The fourth-order valence-corrected chi connectivity index (χ4v) is 6.20. The van der Waals surface area contributed by atoms with Crippen molar-refractivity contribution in [3.8, 4) is 40.5 Å². The Morgan fingerprint density at radius 2 is 1.61 bits per heavy atom. The maximum Gasteiger partial charge on any atom is 0.308 e. The molecule has 2 amide bonds. The normalized spacial score (nSPS) is 12.3. The van der Waals surface area contributed by atoms with E-state index in [1.54, 1.807) is 55.5 Å². The lowest BCUT2D eigenvalue weighted by atomic mass is 9.97. The lowest BCUT2D eigenvalue weighted by Gasteiger charge is -2.19. The monoisotopic (exact) mass is 846 g/mol. The number of esters is 2. The van der Waals surface area contributed by atoms with Crippen LogP contribution in [0.4, 0.5) is 5.82 Å². The van der Waals surface area contributed by atoms with Crippen LogP contribution in [0.2, 0.25) is 5.02 Å². The van der Waals surface area contributed by atoms with Crippen LogP contribution in [0.1, 0.15) is 56.4 Å². The molecular weight excluding hydrogens is 804 g/mol. The highest BCUT2D eigenvalue weighted by atomic mass is 35.5. The van der Waals surface area contributed by atoms with E-state index in [-0.39, 0.29) is 78.9 Å². The third-order valence-electron chi connectivity index (χ3n) is 8.26. The van der Waals surface area contributed by atoms with Crippen LogP contribution < -0.4 is 26.8 Å². The average Bonchev–Trinajstić information content (AvgIpc) is 3.69. The molecule has 7 N–H and O–H groups in total. The summed E-state index contributed by atoms with van der Waals surface area (Å²) in [5.41, 5.74) is 14.1. The third-order valence-corrected chi connectivity index (χ3v) is 9.52. The number of anilines is 1. The second-order valence-corrected chi connectivity index (χ2v) is 14.3. The van der Waals surface area contributed by atoms with Crippen molar-refractivity contribution in [2.45, 2.75) is 68.6 Å². The molecule has 0 radical (unpaired) electrons. The predicted octanol–water partition coefficient (Wildman–Crippen LogP) is 4.03. The van der Waals surface area contributed by atoms with Crippen LogP contribution in [0.5, 0.6) is 5.75 Å². The summed E-state index contributed by atoms with van der Waals surface area (Å²) >= 11 is 7.18. The number of aliphatic hydroxyl groups excluding tert-OH is 1. The number of nitrogen functional groups attached to an aromatic ring is 1. The number of amides is 2. The number of oxazole rings is 1. The molecule has 0 fully saturated rings. The van der Waals surface area contributed by atoms with Gasteiger partial charge >= 0.3 is 11.9 Å². The number of rotatable bonds is 21. The maximum atomic E-state index is 12.7. The van der Waals surface area contributed by atoms with Crippen LogP contribution in [0, 0.1) is 22.7 Å². The number of pyridine rings is 1. The number of hydrogen-bond acceptors (Lipinski definition) is 16. The first-order valence-corrected chi connectivity index (χ1v) is 19.7. The number of carbonyl (C=O) groups is 4. The molecule has 310 valence electrons. The number of carbonyl (C=O) groups excluding carboxylic acids is 4. The number of hydrogen-bond donors (Lipinski definition) is 5. The Balaban J connectivity index is 1.44. The van der Waals surface area contributed by atoms with E-state index in [4.69, 9.17) is 41.7 Å². The van der Waals surface area contributed by atoms with Crippen molar-refractivity contribution in [1.82, 2.24) is 20.6 Å². The van der Waals surface area contributed by atoms with Crippen molar-refractivity contribution in [3.05, 3.63) is 76.6 Å². The van der Waals surface area contributed by atoms with Gasteiger partial charge in [-0.15, -0.1) is 0 Å². The number of aliphatic hydroxyl groups is 1. The standard InChI is InChI=1S/C40H43ClN8O9S/c1-3-32(44)38(54)47-15-13-35(53)58-29(21-56-34(52)12-14-46-33(51)16-23(2)50)20-55-28-10-6-24(7-11-28)36-30(17-42)37(45)49-40(31(36)18-43)59-22-27-19-57-39(48-27)25-4-8-26(41)9-5-25/h4-11,19,23,29,32,50H,3,12-16,20-22,44H2,1-2H3,(H2,45,49)(H,46,51)(H,47,54)/t23-,29+,32+/m1/s1. The van der Waals surface area contributed by atoms with E-state index < -0.39 is 42.0 Å². The Hall–Kier alpha value is -6.18. The van der Waals surface area contributed by atoms with Gasteiger partial charge in [-0.1, -0.05) is 42.4 Å². The van der Waals surface area contributed by atoms with Gasteiger partial charge in [0.2, 0.25) is 17.7 Å². The van der Waals surface area contributed by atoms with E-state index in [9.17, 15) is 34.8 Å². The fraction of sp³-hybridized carbons (Fsp3) is 0.350. The molecule has 2 heterocycles. The smallest absolute Gasteiger partial charge is 0.308 e. The molecule has 59 heavy (non-hydrogen) atoms. The van der Waals surface area contributed by atoms with Crippen molar-refractivity contribution in [3.63, 3.8) is 0 Å². The molecule has 0 aliphatic carbocycles. The minimum Gasteiger partial charge on any atom is -0.490 e. The zero-order chi connectivity index (χ0) is 42.9. The highest BCUT2D eigenvalue weighted by Crippen LogP contribution is 2.37. The molecule has 0 aliphatic heterocycles. The first-order chi connectivity index (χ1) is 28.3. The molecular formula is C40H43ClN8O9S. The number of nitrogens with zero attached hydrogens (tertiary/aromatic N) is 4. The molecule has 17 nitrogen and oxygen atoms in total. The summed E-state index contributed by atoms with van der Waals surface area (Å²) in [5.74, 6) is -1.33. The highest BCUT2D eigenvalue weighted by molar-refractivity contribution is 7.98. The number of benzene rings is 2. The Morgan fingerprint density at radius 3 is 2.27 bits per heavy atom. The molecule has 4 aromatic rings. The summed E-state index contributed by atoms with van der Waals surface area (Å²) in [6.45, 7) is 2.50. The molecule has 0 saturated heterocycles. The molecule has 0 bridgehead atoms. The number of nitrogens with two attached hydrogens (primary N) is 2. The van der Waals surface area contributed by atoms with Crippen LogP contribution in [-0.2, 0) is 34.4 Å². The number of nitrogens with one attached hydrogen (secondary N) is 2.